The van der Waals surface area contributed by atoms with E-state index in [0.29, 0.717) is 11.5 Å². The first-order valence-electron chi connectivity index (χ1n) is 5.12. The number of H-pyrrole nitrogens is 1. The molecule has 0 radical (unpaired) electrons. The fourth-order valence-corrected chi connectivity index (χ4v) is 1.90. The molecule has 1 fully saturated rings. The Labute approximate surface area is 86.1 Å². The first-order chi connectivity index (χ1) is 7.24. The maximum atomic E-state index is 11.0. The van der Waals surface area contributed by atoms with Crippen molar-refractivity contribution >= 4 is 11.1 Å². The van der Waals surface area contributed by atoms with E-state index in [0.717, 1.165) is 11.1 Å². The molecule has 1 unspecified atom stereocenters. The van der Waals surface area contributed by atoms with E-state index in [9.17, 15) is 4.79 Å². The lowest BCUT2D eigenvalue weighted by atomic mass is 10.0. The number of hydrogen-bond acceptors (Lipinski definition) is 3. The molecule has 3 N–H and O–H groups in total. The zero-order chi connectivity index (χ0) is 10.4. The highest BCUT2D eigenvalue weighted by Gasteiger charge is 2.29. The Balaban J connectivity index is 2.08. The average Bonchev–Trinajstić information content (AvgIpc) is 2.98. The Kier molecular flexibility index (Phi) is 1.73. The van der Waals surface area contributed by atoms with Gasteiger partial charge < -0.3 is 10.2 Å². The SMILES string of the molecule is NC(c1ccc2[nH]c(=O)oc2c1)C1CC1. The minimum atomic E-state index is -0.415. The van der Waals surface area contributed by atoms with Gasteiger partial charge in [0.15, 0.2) is 5.58 Å². The Morgan fingerprint density at radius 2 is 2.27 bits per heavy atom. The second kappa shape index (κ2) is 2.97. The zero-order valence-corrected chi connectivity index (χ0v) is 8.19. The molecule has 1 aromatic heterocycles. The van der Waals surface area contributed by atoms with Crippen LogP contribution in [-0.4, -0.2) is 4.98 Å². The summed E-state index contributed by atoms with van der Waals surface area (Å²) in [4.78, 5) is 13.6. The third kappa shape index (κ3) is 1.47. The summed E-state index contributed by atoms with van der Waals surface area (Å²) in [6.45, 7) is 0. The van der Waals surface area contributed by atoms with Gasteiger partial charge in [-0.15, -0.1) is 0 Å². The Bertz CT molecular complexity index is 551. The van der Waals surface area contributed by atoms with Crippen LogP contribution in [0.3, 0.4) is 0 Å². The molecule has 0 bridgehead atoms. The molecule has 1 atom stereocenters. The monoisotopic (exact) mass is 204 g/mol. The predicted octanol–water partition coefficient (Wildman–Crippen LogP) is 1.53. The number of fused-ring (bicyclic) bond motifs is 1. The summed E-state index contributed by atoms with van der Waals surface area (Å²) >= 11 is 0. The third-order valence-electron chi connectivity index (χ3n) is 2.96. The Morgan fingerprint density at radius 1 is 1.47 bits per heavy atom. The van der Waals surface area contributed by atoms with Crippen LogP contribution in [0.25, 0.3) is 11.1 Å². The molecule has 3 rings (SSSR count). The summed E-state index contributed by atoms with van der Waals surface area (Å²) in [5.74, 6) is 0.190. The normalized spacial score (nSPS) is 18.2. The van der Waals surface area contributed by atoms with E-state index in [1.165, 1.54) is 12.8 Å². The summed E-state index contributed by atoms with van der Waals surface area (Å²) in [6.07, 6.45) is 2.41. The van der Waals surface area contributed by atoms with E-state index in [2.05, 4.69) is 4.98 Å². The van der Waals surface area contributed by atoms with Crippen molar-refractivity contribution in [1.29, 1.82) is 0 Å². The summed E-state index contributed by atoms with van der Waals surface area (Å²) in [5.41, 5.74) is 8.44. The number of oxazole rings is 1. The number of nitrogens with two attached hydrogens (primary N) is 1. The topological polar surface area (TPSA) is 72.0 Å². The lowest BCUT2D eigenvalue weighted by molar-refractivity contribution is 0.553. The van der Waals surface area contributed by atoms with E-state index in [-0.39, 0.29) is 6.04 Å². The van der Waals surface area contributed by atoms with Gasteiger partial charge in [0.1, 0.15) is 0 Å². The molecule has 0 saturated heterocycles. The molecule has 15 heavy (non-hydrogen) atoms. The maximum Gasteiger partial charge on any atom is 0.417 e. The fourth-order valence-electron chi connectivity index (χ4n) is 1.90. The van der Waals surface area contributed by atoms with Crippen molar-refractivity contribution in [2.45, 2.75) is 18.9 Å². The molecule has 1 heterocycles. The number of nitrogens with one attached hydrogen (secondary N) is 1. The highest BCUT2D eigenvalue weighted by molar-refractivity contribution is 5.72. The van der Waals surface area contributed by atoms with Crippen LogP contribution < -0.4 is 11.5 Å². The molecule has 1 aliphatic carbocycles. The van der Waals surface area contributed by atoms with Crippen LogP contribution in [0.1, 0.15) is 24.4 Å². The van der Waals surface area contributed by atoms with Gasteiger partial charge in [0.05, 0.1) is 5.52 Å². The first-order valence-corrected chi connectivity index (χ1v) is 5.12. The summed E-state index contributed by atoms with van der Waals surface area (Å²) in [7, 11) is 0. The van der Waals surface area contributed by atoms with Crippen molar-refractivity contribution in [2.24, 2.45) is 11.7 Å². The molecule has 1 aliphatic rings. The van der Waals surface area contributed by atoms with Gasteiger partial charge in [0, 0.05) is 6.04 Å². The predicted molar refractivity (Wildman–Crippen MR) is 56.5 cm³/mol. The number of rotatable bonds is 2. The van der Waals surface area contributed by atoms with Crippen molar-refractivity contribution in [3.05, 3.63) is 34.3 Å². The minimum Gasteiger partial charge on any atom is -0.408 e. The summed E-state index contributed by atoms with van der Waals surface area (Å²) in [6, 6.07) is 5.74. The highest BCUT2D eigenvalue weighted by atomic mass is 16.4. The largest absolute Gasteiger partial charge is 0.417 e. The standard InChI is InChI=1S/C11H12N2O2/c12-10(6-1-2-6)7-3-4-8-9(5-7)15-11(14)13-8/h3-6,10H,1-2,12H2,(H,13,14). The van der Waals surface area contributed by atoms with Gasteiger partial charge in [0.2, 0.25) is 0 Å². The van der Waals surface area contributed by atoms with Crippen LogP contribution in [0.4, 0.5) is 0 Å². The van der Waals surface area contributed by atoms with E-state index < -0.39 is 5.76 Å². The van der Waals surface area contributed by atoms with Crippen molar-refractivity contribution in [1.82, 2.24) is 4.98 Å². The van der Waals surface area contributed by atoms with Gasteiger partial charge >= 0.3 is 5.76 Å². The Hall–Kier alpha value is -1.55. The van der Waals surface area contributed by atoms with Gasteiger partial charge in [-0.2, -0.15) is 0 Å². The summed E-state index contributed by atoms with van der Waals surface area (Å²) < 4.78 is 4.99. The fraction of sp³-hybridized carbons (Fsp3) is 0.364. The molecule has 78 valence electrons. The lowest BCUT2D eigenvalue weighted by Gasteiger charge is -2.09. The van der Waals surface area contributed by atoms with Gasteiger partial charge in [-0.05, 0) is 36.5 Å². The van der Waals surface area contributed by atoms with Gasteiger partial charge in [-0.3, -0.25) is 4.98 Å². The van der Waals surface area contributed by atoms with E-state index in [1.807, 2.05) is 18.2 Å². The van der Waals surface area contributed by atoms with Crippen molar-refractivity contribution in [2.75, 3.05) is 0 Å². The van der Waals surface area contributed by atoms with Crippen molar-refractivity contribution in [3.63, 3.8) is 0 Å². The molecule has 4 nitrogen and oxygen atoms in total. The van der Waals surface area contributed by atoms with Crippen LogP contribution in [0, 0.1) is 5.92 Å². The highest BCUT2D eigenvalue weighted by Crippen LogP contribution is 2.39. The van der Waals surface area contributed by atoms with E-state index in [1.54, 1.807) is 0 Å². The number of hydrogen-bond donors (Lipinski definition) is 2. The number of aromatic amines is 1. The number of benzene rings is 1. The van der Waals surface area contributed by atoms with Gasteiger partial charge in [0.25, 0.3) is 0 Å². The van der Waals surface area contributed by atoms with Crippen LogP contribution in [0.5, 0.6) is 0 Å². The molecule has 0 amide bonds. The van der Waals surface area contributed by atoms with Crippen molar-refractivity contribution < 1.29 is 4.42 Å². The van der Waals surface area contributed by atoms with E-state index >= 15 is 0 Å². The van der Waals surface area contributed by atoms with Crippen LogP contribution in [0.2, 0.25) is 0 Å². The lowest BCUT2D eigenvalue weighted by Crippen LogP contribution is -2.11. The smallest absolute Gasteiger partial charge is 0.408 e. The molecular formula is C11H12N2O2. The molecule has 2 aromatic rings. The minimum absolute atomic E-state index is 0.0783. The second-order valence-electron chi connectivity index (χ2n) is 4.13. The molecule has 4 heteroatoms. The second-order valence-corrected chi connectivity index (χ2v) is 4.13. The molecule has 0 spiro atoms. The van der Waals surface area contributed by atoms with Crippen LogP contribution in [-0.2, 0) is 0 Å². The summed E-state index contributed by atoms with van der Waals surface area (Å²) in [5, 5.41) is 0. The first kappa shape index (κ1) is 8.73. The average molecular weight is 204 g/mol. The quantitative estimate of drug-likeness (QED) is 0.779. The molecule has 1 aromatic carbocycles. The molecule has 1 saturated carbocycles. The Morgan fingerprint density at radius 3 is 3.00 bits per heavy atom. The number of aromatic nitrogens is 1. The van der Waals surface area contributed by atoms with Crippen molar-refractivity contribution in [3.8, 4) is 0 Å². The maximum absolute atomic E-state index is 11.0. The molecular weight excluding hydrogens is 192 g/mol. The van der Waals surface area contributed by atoms with E-state index in [4.69, 9.17) is 10.2 Å². The third-order valence-corrected chi connectivity index (χ3v) is 2.96. The van der Waals surface area contributed by atoms with Crippen LogP contribution >= 0.6 is 0 Å². The van der Waals surface area contributed by atoms with Crippen LogP contribution in [0.15, 0.2) is 27.4 Å². The zero-order valence-electron chi connectivity index (χ0n) is 8.19. The molecule has 0 aliphatic heterocycles. The van der Waals surface area contributed by atoms with Gasteiger partial charge in [-0.25, -0.2) is 4.79 Å². The van der Waals surface area contributed by atoms with Gasteiger partial charge in [-0.1, -0.05) is 6.07 Å².